The molecule has 3 aromatic rings. The van der Waals surface area contributed by atoms with E-state index in [4.69, 9.17) is 0 Å². The Morgan fingerprint density at radius 1 is 1.00 bits per heavy atom. The molecule has 3 aromatic carbocycles. The first kappa shape index (κ1) is 17.0. The van der Waals surface area contributed by atoms with E-state index in [2.05, 4.69) is 10.0 Å². The lowest BCUT2D eigenvalue weighted by Gasteiger charge is -2.24. The van der Waals surface area contributed by atoms with Crippen LogP contribution >= 0.6 is 0 Å². The highest BCUT2D eigenvalue weighted by Crippen LogP contribution is 2.25. The summed E-state index contributed by atoms with van der Waals surface area (Å²) in [4.78, 5) is 0.213. The topological polar surface area (TPSA) is 58.2 Å². The number of anilines is 1. The first-order valence-electron chi connectivity index (χ1n) is 8.48. The van der Waals surface area contributed by atoms with Gasteiger partial charge in [-0.1, -0.05) is 36.4 Å². The Morgan fingerprint density at radius 3 is 2.62 bits per heavy atom. The van der Waals surface area contributed by atoms with Crippen LogP contribution in [0.5, 0.6) is 0 Å². The summed E-state index contributed by atoms with van der Waals surface area (Å²) >= 11 is 0. The minimum Gasteiger partial charge on any atom is -0.307 e. The maximum absolute atomic E-state index is 12.8. The van der Waals surface area contributed by atoms with E-state index in [9.17, 15) is 12.8 Å². The Hall–Kier alpha value is -2.44. The minimum absolute atomic E-state index is 0.194. The minimum atomic E-state index is -3.69. The van der Waals surface area contributed by atoms with Gasteiger partial charge >= 0.3 is 0 Å². The molecule has 0 fully saturated rings. The molecule has 2 N–H and O–H groups in total. The van der Waals surface area contributed by atoms with E-state index in [1.165, 1.54) is 0 Å². The van der Waals surface area contributed by atoms with E-state index >= 15 is 0 Å². The van der Waals surface area contributed by atoms with E-state index in [1.807, 2.05) is 36.4 Å². The van der Waals surface area contributed by atoms with Crippen LogP contribution in [0, 0.1) is 0 Å². The second-order valence-electron chi connectivity index (χ2n) is 6.53. The van der Waals surface area contributed by atoms with Gasteiger partial charge in [-0.05, 0) is 52.6 Å². The maximum atomic E-state index is 12.8. The number of nitrogens with one attached hydrogen (secondary N) is 2. The fourth-order valence-electron chi connectivity index (χ4n) is 3.30. The molecular weight excluding hydrogens is 351 g/mol. The summed E-state index contributed by atoms with van der Waals surface area (Å²) in [5.41, 5.74) is 2.42. The van der Waals surface area contributed by atoms with Gasteiger partial charge in [-0.25, -0.2) is 12.8 Å². The van der Waals surface area contributed by atoms with Gasteiger partial charge in [0.05, 0.1) is 4.90 Å². The number of fused-ring (bicyclic) bond motifs is 2. The van der Waals surface area contributed by atoms with Crippen LogP contribution in [0.25, 0.3) is 10.8 Å². The van der Waals surface area contributed by atoms with Crippen LogP contribution in [-0.2, 0) is 23.0 Å². The fraction of sp³-hybridized carbons (Fsp3) is 0.200. The summed E-state index contributed by atoms with van der Waals surface area (Å²) in [5, 5.41) is 5.11. The quantitative estimate of drug-likeness (QED) is 0.737. The van der Waals surface area contributed by atoms with Crippen molar-refractivity contribution >= 4 is 26.5 Å². The molecule has 6 heteroatoms. The van der Waals surface area contributed by atoms with Crippen LogP contribution in [0.4, 0.5) is 10.1 Å². The van der Waals surface area contributed by atoms with Gasteiger partial charge in [0.15, 0.2) is 0 Å². The molecule has 4 nitrogen and oxygen atoms in total. The molecule has 0 aliphatic carbocycles. The van der Waals surface area contributed by atoms with E-state index in [0.717, 1.165) is 21.9 Å². The smallest absolute Gasteiger partial charge is 0.261 e. The third-order valence-electron chi connectivity index (χ3n) is 4.72. The number of halogens is 1. The van der Waals surface area contributed by atoms with Crippen molar-refractivity contribution in [3.63, 3.8) is 0 Å². The molecule has 0 amide bonds. The second-order valence-corrected chi connectivity index (χ2v) is 8.22. The number of hydrogen-bond donors (Lipinski definition) is 2. The average molecular weight is 370 g/mol. The summed E-state index contributed by atoms with van der Waals surface area (Å²) in [6.07, 6.45) is 0.574. The number of hydrogen-bond acceptors (Lipinski definition) is 3. The predicted octanol–water partition coefficient (Wildman–Crippen LogP) is 3.62. The van der Waals surface area contributed by atoms with Crippen molar-refractivity contribution in [2.75, 3.05) is 11.4 Å². The molecule has 1 aliphatic rings. The van der Waals surface area contributed by atoms with E-state index in [1.54, 1.807) is 24.3 Å². The molecule has 0 radical (unpaired) electrons. The lowest BCUT2D eigenvalue weighted by Crippen LogP contribution is -2.37. The lowest BCUT2D eigenvalue weighted by molar-refractivity contribution is 0.358. The molecule has 134 valence electrons. The van der Waals surface area contributed by atoms with Gasteiger partial charge in [-0.15, -0.1) is 0 Å². The molecule has 0 bridgehead atoms. The molecular formula is C20H19FN2O2S. The molecule has 0 aromatic heterocycles. The van der Waals surface area contributed by atoms with Crippen molar-refractivity contribution in [2.24, 2.45) is 0 Å². The summed E-state index contributed by atoms with van der Waals surface area (Å²) < 4.78 is 41.0. The Bertz CT molecular complexity index is 1070. The van der Waals surface area contributed by atoms with Gasteiger partial charge in [-0.2, -0.15) is 0 Å². The SMILES string of the molecule is O=S(=O)(Nc1ccc2ccccc2c1)c1ccc2c(c1)CNC(CF)C2. The monoisotopic (exact) mass is 370 g/mol. The predicted molar refractivity (Wildman–Crippen MR) is 102 cm³/mol. The first-order chi connectivity index (χ1) is 12.5. The molecule has 1 heterocycles. The molecule has 0 saturated carbocycles. The second kappa shape index (κ2) is 6.70. The highest BCUT2D eigenvalue weighted by molar-refractivity contribution is 7.92. The van der Waals surface area contributed by atoms with Crippen molar-refractivity contribution in [3.8, 4) is 0 Å². The molecule has 26 heavy (non-hydrogen) atoms. The Morgan fingerprint density at radius 2 is 1.81 bits per heavy atom. The van der Waals surface area contributed by atoms with Gasteiger partial charge in [0.2, 0.25) is 0 Å². The van der Waals surface area contributed by atoms with Crippen molar-refractivity contribution in [3.05, 3.63) is 71.8 Å². The van der Waals surface area contributed by atoms with Gasteiger partial charge in [-0.3, -0.25) is 4.72 Å². The molecule has 1 aliphatic heterocycles. The van der Waals surface area contributed by atoms with Gasteiger partial charge in [0.1, 0.15) is 6.67 Å². The zero-order valence-electron chi connectivity index (χ0n) is 14.1. The van der Waals surface area contributed by atoms with Crippen molar-refractivity contribution in [2.45, 2.75) is 23.9 Å². The maximum Gasteiger partial charge on any atom is 0.261 e. The number of rotatable bonds is 4. The average Bonchev–Trinajstić information content (AvgIpc) is 2.66. The molecule has 0 spiro atoms. The third kappa shape index (κ3) is 3.30. The normalized spacial score (nSPS) is 17.0. The van der Waals surface area contributed by atoms with Gasteiger partial charge < -0.3 is 5.32 Å². The first-order valence-corrected chi connectivity index (χ1v) is 9.96. The highest BCUT2D eigenvalue weighted by Gasteiger charge is 2.21. The molecule has 1 atom stereocenters. The zero-order chi connectivity index (χ0) is 18.1. The summed E-state index contributed by atoms with van der Waals surface area (Å²) in [7, 11) is -3.69. The van der Waals surface area contributed by atoms with Crippen molar-refractivity contribution < 1.29 is 12.8 Å². The number of sulfonamides is 1. The summed E-state index contributed by atoms with van der Waals surface area (Å²) in [6, 6.07) is 18.1. The zero-order valence-corrected chi connectivity index (χ0v) is 14.9. The highest BCUT2D eigenvalue weighted by atomic mass is 32.2. The molecule has 1 unspecified atom stereocenters. The van der Waals surface area contributed by atoms with Crippen LogP contribution in [0.3, 0.4) is 0 Å². The van der Waals surface area contributed by atoms with Gasteiger partial charge in [0, 0.05) is 18.3 Å². The summed E-state index contributed by atoms with van der Waals surface area (Å²) in [5.74, 6) is 0. The van der Waals surface area contributed by atoms with Crippen molar-refractivity contribution in [1.29, 1.82) is 0 Å². The van der Waals surface area contributed by atoms with Crippen LogP contribution in [0.1, 0.15) is 11.1 Å². The number of benzene rings is 3. The largest absolute Gasteiger partial charge is 0.307 e. The van der Waals surface area contributed by atoms with Crippen LogP contribution < -0.4 is 10.0 Å². The van der Waals surface area contributed by atoms with E-state index in [0.29, 0.717) is 18.7 Å². The Balaban J connectivity index is 1.62. The van der Waals surface area contributed by atoms with Crippen LogP contribution in [0.15, 0.2) is 65.6 Å². The van der Waals surface area contributed by atoms with E-state index in [-0.39, 0.29) is 10.9 Å². The number of alkyl halides is 1. The fourth-order valence-corrected chi connectivity index (χ4v) is 4.40. The lowest BCUT2D eigenvalue weighted by atomic mass is 9.96. The molecule has 0 saturated heterocycles. The Kier molecular flexibility index (Phi) is 4.38. The summed E-state index contributed by atoms with van der Waals surface area (Å²) in [6.45, 7) is 0.0479. The molecule has 4 rings (SSSR count). The Labute approximate surface area is 152 Å². The standard InChI is InChI=1S/C20H19FN2O2S/c21-12-19-10-16-6-8-20(11-17(16)13-22-19)26(24,25)23-18-7-5-14-3-1-2-4-15(14)9-18/h1-9,11,19,22-23H,10,12-13H2. The van der Waals surface area contributed by atoms with Crippen molar-refractivity contribution in [1.82, 2.24) is 5.32 Å². The van der Waals surface area contributed by atoms with E-state index < -0.39 is 16.7 Å². The van der Waals surface area contributed by atoms with Crippen LogP contribution in [-0.4, -0.2) is 21.1 Å². The van der Waals surface area contributed by atoms with Crippen LogP contribution in [0.2, 0.25) is 0 Å². The third-order valence-corrected chi connectivity index (χ3v) is 6.10. The van der Waals surface area contributed by atoms with Gasteiger partial charge in [0.25, 0.3) is 10.0 Å².